The number of para-hydroxylation sites is 2. The Morgan fingerprint density at radius 1 is 1.18 bits per heavy atom. The van der Waals surface area contributed by atoms with Crippen molar-refractivity contribution >= 4 is 23.0 Å². The summed E-state index contributed by atoms with van der Waals surface area (Å²) in [7, 11) is -4.52. The standard InChI is InChI=1S/C25H29BO6S/c1-2-18(14-19-8-6-7-11-22(19)27)12-13-23-25-20(16-31-21-9-4-3-5-10-21)17-33(29,30)24(25)15-26(28)32-23/h3-11,14,23-24,27-28H,2,12-13,15-17H2,1H3/b18-14+/t23-,24+/m1/s1. The van der Waals surface area contributed by atoms with Crippen LogP contribution in [0.15, 0.2) is 71.3 Å². The minimum absolute atomic E-state index is 0.0529. The molecule has 0 aromatic heterocycles. The molecular formula is C25H29BO6S. The first kappa shape index (κ1) is 23.6. The lowest BCUT2D eigenvalue weighted by Gasteiger charge is -2.32. The van der Waals surface area contributed by atoms with Crippen molar-refractivity contribution in [3.63, 3.8) is 0 Å². The van der Waals surface area contributed by atoms with Gasteiger partial charge in [0.05, 0.1) is 17.1 Å². The SMILES string of the molecule is CC/C(=C\c1ccccc1O)CC[C@H]1OB(O)C[C@H]2C1=C(COc1ccccc1)CS2(=O)=O. The van der Waals surface area contributed by atoms with Crippen molar-refractivity contribution in [3.8, 4) is 11.5 Å². The Kier molecular flexibility index (Phi) is 7.27. The van der Waals surface area contributed by atoms with Crippen molar-refractivity contribution in [1.29, 1.82) is 0 Å². The lowest BCUT2D eigenvalue weighted by atomic mass is 9.74. The molecule has 2 aliphatic heterocycles. The third kappa shape index (κ3) is 5.51. The van der Waals surface area contributed by atoms with Gasteiger partial charge in [0.1, 0.15) is 18.1 Å². The summed E-state index contributed by atoms with van der Waals surface area (Å²) in [5.74, 6) is 0.831. The first-order chi connectivity index (χ1) is 15.9. The Balaban J connectivity index is 1.55. The third-order valence-corrected chi connectivity index (χ3v) is 8.35. The minimum atomic E-state index is -3.41. The van der Waals surface area contributed by atoms with Crippen molar-refractivity contribution < 1.29 is 27.9 Å². The summed E-state index contributed by atoms with van der Waals surface area (Å²) in [4.78, 5) is 0. The van der Waals surface area contributed by atoms with Crippen LogP contribution < -0.4 is 4.74 Å². The van der Waals surface area contributed by atoms with Crippen LogP contribution in [0.25, 0.3) is 6.08 Å². The second-order valence-electron chi connectivity index (χ2n) is 8.53. The van der Waals surface area contributed by atoms with Gasteiger partial charge in [0.2, 0.25) is 0 Å². The van der Waals surface area contributed by atoms with Gasteiger partial charge >= 0.3 is 7.12 Å². The number of phenolic OH excluding ortho intramolecular Hbond substituents is 1. The van der Waals surface area contributed by atoms with Crippen LogP contribution in [0.2, 0.25) is 6.32 Å². The van der Waals surface area contributed by atoms with Gasteiger partial charge in [-0.2, -0.15) is 0 Å². The second-order valence-corrected chi connectivity index (χ2v) is 10.7. The molecule has 1 saturated heterocycles. The number of fused-ring (bicyclic) bond motifs is 1. The van der Waals surface area contributed by atoms with Crippen LogP contribution >= 0.6 is 0 Å². The molecule has 0 aliphatic carbocycles. The normalized spacial score (nSPS) is 22.4. The third-order valence-electron chi connectivity index (χ3n) is 6.28. The number of aromatic hydroxyl groups is 1. The van der Waals surface area contributed by atoms with Crippen molar-refractivity contribution in [2.24, 2.45) is 0 Å². The van der Waals surface area contributed by atoms with E-state index in [1.165, 1.54) is 0 Å². The molecule has 8 heteroatoms. The fourth-order valence-electron chi connectivity index (χ4n) is 4.59. The highest BCUT2D eigenvalue weighted by Gasteiger charge is 2.48. The molecule has 2 aromatic rings. The minimum Gasteiger partial charge on any atom is -0.507 e. The number of allylic oxidation sites excluding steroid dienone is 1. The van der Waals surface area contributed by atoms with E-state index in [1.807, 2.05) is 55.5 Å². The molecule has 0 unspecified atom stereocenters. The molecule has 0 spiro atoms. The maximum atomic E-state index is 12.9. The second kappa shape index (κ2) is 10.2. The molecule has 4 rings (SSSR count). The zero-order chi connectivity index (χ0) is 23.4. The van der Waals surface area contributed by atoms with Crippen LogP contribution in [0.4, 0.5) is 0 Å². The summed E-state index contributed by atoms with van der Waals surface area (Å²) in [5.41, 5.74) is 3.33. The van der Waals surface area contributed by atoms with Crippen LogP contribution in [0.5, 0.6) is 11.5 Å². The Hall–Kier alpha value is -2.55. The largest absolute Gasteiger partial charge is 0.507 e. The average molecular weight is 468 g/mol. The fourth-order valence-corrected chi connectivity index (χ4v) is 6.69. The summed E-state index contributed by atoms with van der Waals surface area (Å²) >= 11 is 0. The number of rotatable bonds is 8. The van der Waals surface area contributed by atoms with Crippen LogP contribution in [0, 0.1) is 0 Å². The number of hydrogen-bond donors (Lipinski definition) is 2. The van der Waals surface area contributed by atoms with Crippen LogP contribution in [0.3, 0.4) is 0 Å². The number of phenols is 1. The van der Waals surface area contributed by atoms with Crippen LogP contribution in [-0.2, 0) is 14.5 Å². The van der Waals surface area contributed by atoms with E-state index in [1.54, 1.807) is 12.1 Å². The maximum Gasteiger partial charge on any atom is 0.456 e. The molecule has 2 N–H and O–H groups in total. The number of hydrogen-bond acceptors (Lipinski definition) is 6. The van der Waals surface area contributed by atoms with Crippen LogP contribution in [-0.4, -0.2) is 49.4 Å². The molecule has 2 heterocycles. The highest BCUT2D eigenvalue weighted by molar-refractivity contribution is 7.92. The van der Waals surface area contributed by atoms with E-state index in [0.29, 0.717) is 18.6 Å². The Labute approximate surface area is 195 Å². The van der Waals surface area contributed by atoms with E-state index >= 15 is 0 Å². The topological polar surface area (TPSA) is 93.1 Å². The van der Waals surface area contributed by atoms with E-state index in [4.69, 9.17) is 9.39 Å². The van der Waals surface area contributed by atoms with E-state index in [-0.39, 0.29) is 24.4 Å². The van der Waals surface area contributed by atoms with Gasteiger partial charge in [-0.3, -0.25) is 0 Å². The number of benzene rings is 2. The van der Waals surface area contributed by atoms with E-state index in [0.717, 1.165) is 28.7 Å². The molecule has 0 saturated carbocycles. The Bertz CT molecular complexity index is 1140. The van der Waals surface area contributed by atoms with Crippen LogP contribution in [0.1, 0.15) is 31.7 Å². The van der Waals surface area contributed by atoms with Crippen molar-refractivity contribution in [2.75, 3.05) is 12.4 Å². The fraction of sp³-hybridized carbons (Fsp3) is 0.360. The zero-order valence-corrected chi connectivity index (χ0v) is 19.5. The average Bonchev–Trinajstić information content (AvgIpc) is 3.06. The molecule has 0 amide bonds. The summed E-state index contributed by atoms with van der Waals surface area (Å²) in [6.45, 7) is 2.23. The Morgan fingerprint density at radius 2 is 1.91 bits per heavy atom. The maximum absolute atomic E-state index is 12.9. The highest BCUT2D eigenvalue weighted by Crippen LogP contribution is 2.40. The van der Waals surface area contributed by atoms with Crippen molar-refractivity contribution in [2.45, 2.75) is 43.9 Å². The molecule has 2 atom stereocenters. The lowest BCUT2D eigenvalue weighted by molar-refractivity contribution is 0.168. The Morgan fingerprint density at radius 3 is 2.64 bits per heavy atom. The van der Waals surface area contributed by atoms with Gasteiger partial charge in [-0.1, -0.05) is 55.0 Å². The molecule has 2 aliphatic rings. The van der Waals surface area contributed by atoms with Crippen molar-refractivity contribution in [1.82, 2.24) is 0 Å². The first-order valence-corrected chi connectivity index (χ1v) is 13.0. The molecule has 1 fully saturated rings. The summed E-state index contributed by atoms with van der Waals surface area (Å²) in [6.07, 6.45) is 3.51. The van der Waals surface area contributed by atoms with E-state index in [9.17, 15) is 18.5 Å². The molecule has 2 aromatic carbocycles. The first-order valence-electron chi connectivity index (χ1n) is 11.3. The predicted molar refractivity (Wildman–Crippen MR) is 130 cm³/mol. The molecule has 0 radical (unpaired) electrons. The van der Waals surface area contributed by atoms with Gasteiger partial charge in [-0.25, -0.2) is 8.42 Å². The zero-order valence-electron chi connectivity index (χ0n) is 18.7. The molecule has 6 nitrogen and oxygen atoms in total. The van der Waals surface area contributed by atoms with Gasteiger partial charge in [-0.05, 0) is 48.6 Å². The van der Waals surface area contributed by atoms with Gasteiger partial charge in [0.25, 0.3) is 0 Å². The molecular weight excluding hydrogens is 439 g/mol. The summed E-state index contributed by atoms with van der Waals surface area (Å²) in [6, 6.07) is 16.5. The highest BCUT2D eigenvalue weighted by atomic mass is 32.2. The quantitative estimate of drug-likeness (QED) is 0.449. The van der Waals surface area contributed by atoms with E-state index in [2.05, 4.69) is 0 Å². The van der Waals surface area contributed by atoms with Gasteiger partial charge in [0.15, 0.2) is 9.84 Å². The molecule has 174 valence electrons. The predicted octanol–water partition coefficient (Wildman–Crippen LogP) is 4.02. The molecule has 0 bridgehead atoms. The molecule has 33 heavy (non-hydrogen) atoms. The number of ether oxygens (including phenoxy) is 1. The smallest absolute Gasteiger partial charge is 0.456 e. The summed E-state index contributed by atoms with van der Waals surface area (Å²) < 4.78 is 37.5. The lowest BCUT2D eigenvalue weighted by Crippen LogP contribution is -2.42. The van der Waals surface area contributed by atoms with Gasteiger partial charge < -0.3 is 19.5 Å². The van der Waals surface area contributed by atoms with E-state index < -0.39 is 28.3 Å². The summed E-state index contributed by atoms with van der Waals surface area (Å²) in [5, 5.41) is 19.6. The van der Waals surface area contributed by atoms with Gasteiger partial charge in [0, 0.05) is 11.9 Å². The monoisotopic (exact) mass is 468 g/mol. The van der Waals surface area contributed by atoms with Crippen molar-refractivity contribution in [3.05, 3.63) is 76.9 Å². The number of sulfone groups is 1. The van der Waals surface area contributed by atoms with Gasteiger partial charge in [-0.15, -0.1) is 0 Å².